The summed E-state index contributed by atoms with van der Waals surface area (Å²) < 4.78 is 5.48. The minimum Gasteiger partial charge on any atom is -0.394 e. The van der Waals surface area contributed by atoms with Gasteiger partial charge in [-0.2, -0.15) is 0 Å². The van der Waals surface area contributed by atoms with Gasteiger partial charge < -0.3 is 35.2 Å². The van der Waals surface area contributed by atoms with Gasteiger partial charge in [-0.05, 0) is 63.4 Å². The van der Waals surface area contributed by atoms with Crippen LogP contribution in [0.2, 0.25) is 5.02 Å². The maximum atomic E-state index is 13.6. The minimum atomic E-state index is -0.778. The van der Waals surface area contributed by atoms with Crippen LogP contribution >= 0.6 is 11.6 Å². The van der Waals surface area contributed by atoms with Gasteiger partial charge in [0.05, 0.1) is 41.4 Å². The number of rotatable bonds is 10. The minimum absolute atomic E-state index is 0.250. The number of carbonyl (C=O) groups is 2. The molecule has 0 radical (unpaired) electrons. The Balaban J connectivity index is 1.12. The molecule has 1 aliphatic carbocycles. The van der Waals surface area contributed by atoms with Gasteiger partial charge in [0, 0.05) is 57.0 Å². The van der Waals surface area contributed by atoms with Gasteiger partial charge in [-0.1, -0.05) is 29.8 Å². The molecular weight excluding hydrogens is 620 g/mol. The van der Waals surface area contributed by atoms with Gasteiger partial charge >= 0.3 is 0 Å². The predicted molar refractivity (Wildman–Crippen MR) is 180 cm³/mol. The third-order valence-electron chi connectivity index (χ3n) is 9.59. The summed E-state index contributed by atoms with van der Waals surface area (Å²) >= 11 is 6.54. The molecular formula is C34H43ClN8O4. The van der Waals surface area contributed by atoms with Crippen molar-refractivity contribution in [2.75, 3.05) is 57.2 Å². The van der Waals surface area contributed by atoms with Gasteiger partial charge in [-0.25, -0.2) is 15.0 Å². The standard InChI is InChI=1S/C34H43ClN8O4/c1-21(32(45)39-29(20-44)28-5-4-6-30(38-28)42-15-13-41(2)14-16-42)43-19-23-8-7-22(17-26(23)33(43)46)31-27(35)18-36-34(40-31)37-24-9-11-25(47-3)12-10-24/h4-8,17-18,21,24-25,29,44H,9-16,19-20H2,1-3H3,(H,39,45)(H,36,37,40)/t21-,24?,25?,29-/m1/s1. The number of aromatic nitrogens is 3. The molecule has 3 aromatic rings. The summed E-state index contributed by atoms with van der Waals surface area (Å²) in [6, 6.07) is 9.97. The van der Waals surface area contributed by atoms with Crippen LogP contribution in [0.4, 0.5) is 11.8 Å². The highest BCUT2D eigenvalue weighted by molar-refractivity contribution is 6.33. The van der Waals surface area contributed by atoms with Crippen molar-refractivity contribution in [1.29, 1.82) is 0 Å². The van der Waals surface area contributed by atoms with Gasteiger partial charge in [-0.3, -0.25) is 9.59 Å². The van der Waals surface area contributed by atoms with E-state index in [-0.39, 0.29) is 24.5 Å². The lowest BCUT2D eigenvalue weighted by atomic mass is 9.93. The van der Waals surface area contributed by atoms with Crippen LogP contribution in [0, 0.1) is 0 Å². The van der Waals surface area contributed by atoms with Gasteiger partial charge in [0.25, 0.3) is 5.91 Å². The molecule has 3 N–H and O–H groups in total. The number of carbonyl (C=O) groups excluding carboxylic acids is 2. The fourth-order valence-corrected chi connectivity index (χ4v) is 6.74. The third kappa shape index (κ3) is 7.35. The highest BCUT2D eigenvalue weighted by Crippen LogP contribution is 2.33. The maximum Gasteiger partial charge on any atom is 0.255 e. The number of nitrogens with one attached hydrogen (secondary N) is 2. The second kappa shape index (κ2) is 14.5. The summed E-state index contributed by atoms with van der Waals surface area (Å²) in [7, 11) is 3.85. The first kappa shape index (κ1) is 33.1. The van der Waals surface area contributed by atoms with E-state index in [1.807, 2.05) is 24.3 Å². The Morgan fingerprint density at radius 2 is 1.87 bits per heavy atom. The van der Waals surface area contributed by atoms with Gasteiger partial charge in [-0.15, -0.1) is 0 Å². The lowest BCUT2D eigenvalue weighted by Gasteiger charge is -2.33. The molecule has 3 aliphatic rings. The number of likely N-dealkylation sites (N-methyl/N-ethyl adjacent to an activating group) is 1. The predicted octanol–water partition coefficient (Wildman–Crippen LogP) is 3.51. The molecule has 0 bridgehead atoms. The number of ether oxygens (including phenoxy) is 1. The van der Waals surface area contributed by atoms with Crippen LogP contribution in [0.25, 0.3) is 11.3 Å². The molecule has 1 saturated carbocycles. The molecule has 250 valence electrons. The Kier molecular flexibility index (Phi) is 10.2. The molecule has 2 fully saturated rings. The number of pyridine rings is 1. The molecule has 0 unspecified atom stereocenters. The number of fused-ring (bicyclic) bond motifs is 1. The van der Waals surface area contributed by atoms with Crippen molar-refractivity contribution in [3.05, 3.63) is 64.4 Å². The fourth-order valence-electron chi connectivity index (χ4n) is 6.54. The molecule has 1 saturated heterocycles. The van der Waals surface area contributed by atoms with E-state index in [0.29, 0.717) is 46.1 Å². The number of nitrogens with zero attached hydrogens (tertiary/aromatic N) is 6. The Bertz CT molecular complexity index is 1590. The van der Waals surface area contributed by atoms with E-state index in [9.17, 15) is 14.7 Å². The van der Waals surface area contributed by atoms with E-state index in [0.717, 1.165) is 63.2 Å². The molecule has 2 amide bonds. The van der Waals surface area contributed by atoms with Crippen molar-refractivity contribution < 1.29 is 19.4 Å². The highest BCUT2D eigenvalue weighted by Gasteiger charge is 2.35. The molecule has 6 rings (SSSR count). The summed E-state index contributed by atoms with van der Waals surface area (Å²) in [6.07, 6.45) is 5.77. The molecule has 1 aromatic carbocycles. The first-order chi connectivity index (χ1) is 22.7. The lowest BCUT2D eigenvalue weighted by Crippen LogP contribution is -2.47. The van der Waals surface area contributed by atoms with Crippen LogP contribution in [0.15, 0.2) is 42.6 Å². The average molecular weight is 663 g/mol. The summed E-state index contributed by atoms with van der Waals surface area (Å²) in [5, 5.41) is 16.9. The molecule has 4 heterocycles. The van der Waals surface area contributed by atoms with E-state index in [1.165, 1.54) is 4.90 Å². The smallest absolute Gasteiger partial charge is 0.255 e. The van der Waals surface area contributed by atoms with E-state index >= 15 is 0 Å². The quantitative estimate of drug-likeness (QED) is 0.296. The maximum absolute atomic E-state index is 13.6. The van der Waals surface area contributed by atoms with Crippen LogP contribution in [0.1, 0.15) is 60.3 Å². The first-order valence-corrected chi connectivity index (χ1v) is 16.7. The molecule has 13 heteroatoms. The van der Waals surface area contributed by atoms with E-state index in [2.05, 4.69) is 32.5 Å². The zero-order valence-corrected chi connectivity index (χ0v) is 27.9. The molecule has 0 spiro atoms. The van der Waals surface area contributed by atoms with E-state index in [1.54, 1.807) is 32.4 Å². The number of benzene rings is 1. The van der Waals surface area contributed by atoms with Crippen molar-refractivity contribution in [3.8, 4) is 11.3 Å². The van der Waals surface area contributed by atoms with Gasteiger partial charge in [0.15, 0.2) is 0 Å². The molecule has 2 aliphatic heterocycles. The summed E-state index contributed by atoms with van der Waals surface area (Å²) in [4.78, 5) is 47.0. The van der Waals surface area contributed by atoms with Crippen LogP contribution < -0.4 is 15.5 Å². The average Bonchev–Trinajstić information content (AvgIpc) is 3.43. The van der Waals surface area contributed by atoms with Gasteiger partial charge in [0.1, 0.15) is 11.9 Å². The summed E-state index contributed by atoms with van der Waals surface area (Å²) in [5.74, 6) is 0.689. The SMILES string of the molecule is COC1CCC(Nc2ncc(Cl)c(-c3ccc4c(c3)C(=O)N([C@H](C)C(=O)N[C@H](CO)c3cccc(N5CCN(C)CC5)n3)C4)n2)CC1. The number of anilines is 2. The van der Waals surface area contributed by atoms with E-state index in [4.69, 9.17) is 26.3 Å². The number of amides is 2. The number of piperazine rings is 1. The largest absolute Gasteiger partial charge is 0.394 e. The van der Waals surface area contributed by atoms with Crippen molar-refractivity contribution in [3.63, 3.8) is 0 Å². The monoisotopic (exact) mass is 662 g/mol. The summed E-state index contributed by atoms with van der Waals surface area (Å²) in [5.41, 5.74) is 3.12. The molecule has 12 nitrogen and oxygen atoms in total. The third-order valence-corrected chi connectivity index (χ3v) is 9.86. The van der Waals surface area contributed by atoms with Crippen LogP contribution in [-0.2, 0) is 16.1 Å². The fraction of sp³-hybridized carbons (Fsp3) is 0.500. The van der Waals surface area contributed by atoms with Crippen molar-refractivity contribution >= 4 is 35.2 Å². The normalized spacial score (nSPS) is 21.3. The Morgan fingerprint density at radius 3 is 2.60 bits per heavy atom. The van der Waals surface area contributed by atoms with Gasteiger partial charge in [0.2, 0.25) is 11.9 Å². The molecule has 47 heavy (non-hydrogen) atoms. The van der Waals surface area contributed by atoms with E-state index < -0.39 is 12.1 Å². The Labute approximate surface area is 280 Å². The molecule has 2 atom stereocenters. The Morgan fingerprint density at radius 1 is 1.11 bits per heavy atom. The molecule has 2 aromatic heterocycles. The second-order valence-electron chi connectivity index (χ2n) is 12.7. The zero-order valence-electron chi connectivity index (χ0n) is 27.2. The number of hydrogen-bond donors (Lipinski definition) is 3. The van der Waals surface area contributed by atoms with Crippen LogP contribution in [-0.4, -0.2) is 107 Å². The number of aliphatic hydroxyl groups excluding tert-OH is 1. The number of hydrogen-bond acceptors (Lipinski definition) is 10. The van der Waals surface area contributed by atoms with Crippen LogP contribution in [0.5, 0.6) is 0 Å². The van der Waals surface area contributed by atoms with Crippen molar-refractivity contribution in [1.82, 2.24) is 30.1 Å². The Hall–Kier alpha value is -3.84. The number of aliphatic hydroxyl groups is 1. The van der Waals surface area contributed by atoms with Crippen molar-refractivity contribution in [2.45, 2.75) is 63.4 Å². The van der Waals surface area contributed by atoms with Crippen molar-refractivity contribution in [2.24, 2.45) is 0 Å². The van der Waals surface area contributed by atoms with Crippen LogP contribution in [0.3, 0.4) is 0 Å². The summed E-state index contributed by atoms with van der Waals surface area (Å²) in [6.45, 7) is 5.27. The first-order valence-electron chi connectivity index (χ1n) is 16.3. The number of methoxy groups -OCH3 is 1. The number of halogens is 1. The topological polar surface area (TPSA) is 136 Å². The lowest BCUT2D eigenvalue weighted by molar-refractivity contribution is -0.126. The second-order valence-corrected chi connectivity index (χ2v) is 13.1. The highest BCUT2D eigenvalue weighted by atomic mass is 35.5. The zero-order chi connectivity index (χ0) is 33.1.